The minimum atomic E-state index is -2.79. The molecule has 0 bridgehead atoms. The number of piperidine rings is 1. The normalized spacial score (nSPS) is 16.8. The lowest BCUT2D eigenvalue weighted by atomic mass is 9.88. The third-order valence-corrected chi connectivity index (χ3v) is 11.6. The zero-order valence-electron chi connectivity index (χ0n) is 30.0. The first-order valence-corrected chi connectivity index (χ1v) is 20.4. The van der Waals surface area contributed by atoms with Crippen LogP contribution in [0.1, 0.15) is 32.3 Å². The van der Waals surface area contributed by atoms with Crippen LogP contribution in [0.5, 0.6) is 5.75 Å². The highest BCUT2D eigenvalue weighted by Gasteiger charge is 2.40. The molecule has 0 radical (unpaired) electrons. The van der Waals surface area contributed by atoms with Gasteiger partial charge in [0.25, 0.3) is 0 Å². The van der Waals surface area contributed by atoms with Crippen molar-refractivity contribution in [1.29, 1.82) is 5.41 Å². The summed E-state index contributed by atoms with van der Waals surface area (Å²) in [4.78, 5) is 23.1. The van der Waals surface area contributed by atoms with Crippen LogP contribution in [0.4, 0.5) is 28.8 Å². The molecule has 2 aliphatic heterocycles. The minimum Gasteiger partial charge on any atom is -0.494 e. The molecule has 13 nitrogen and oxygen atoms in total. The Morgan fingerprint density at radius 2 is 1.86 bits per heavy atom. The molecule has 0 aliphatic carbocycles. The topological polar surface area (TPSA) is 154 Å². The predicted molar refractivity (Wildman–Crippen MR) is 211 cm³/mol. The van der Waals surface area contributed by atoms with Crippen molar-refractivity contribution in [3.63, 3.8) is 0 Å². The number of halogens is 1. The Morgan fingerprint density at radius 3 is 2.55 bits per heavy atom. The first kappa shape index (κ1) is 36.7. The van der Waals surface area contributed by atoms with Crippen LogP contribution in [0.2, 0.25) is 0 Å². The Balaban J connectivity index is 1.32. The van der Waals surface area contributed by atoms with E-state index in [1.807, 2.05) is 37.5 Å². The first-order valence-electron chi connectivity index (χ1n) is 17.0. The number of allylic oxidation sites excluding steroid dienone is 1. The fourth-order valence-electron chi connectivity index (χ4n) is 6.88. The monoisotopic (exact) mass is 776 g/mol. The van der Waals surface area contributed by atoms with Crippen molar-refractivity contribution in [2.45, 2.75) is 38.3 Å². The van der Waals surface area contributed by atoms with Crippen LogP contribution in [-0.2, 0) is 9.30 Å². The third kappa shape index (κ3) is 7.89. The van der Waals surface area contributed by atoms with Gasteiger partial charge in [-0.25, -0.2) is 4.98 Å². The van der Waals surface area contributed by atoms with Crippen LogP contribution in [0.3, 0.4) is 0 Å². The first-order chi connectivity index (χ1) is 24.4. The van der Waals surface area contributed by atoms with Crippen LogP contribution >= 0.6 is 23.1 Å². The second-order valence-electron chi connectivity index (χ2n) is 13.6. The molecular weight excluding hydrogens is 731 g/mol. The number of benzene rings is 2. The van der Waals surface area contributed by atoms with Gasteiger partial charge in [0.15, 0.2) is 0 Å². The van der Waals surface area contributed by atoms with Crippen LogP contribution in [0.25, 0.3) is 16.6 Å². The largest absolute Gasteiger partial charge is 0.494 e. The maximum absolute atomic E-state index is 13.5. The lowest BCUT2D eigenvalue weighted by Crippen LogP contribution is -2.58. The fraction of sp³-hybridized carbons (Fsp3) is 0.417. The number of aromatic nitrogens is 4. The number of nitrogens with zero attached hydrogens (tertiary/aromatic N) is 6. The van der Waals surface area contributed by atoms with Crippen LogP contribution < -0.4 is 30.9 Å². The highest BCUT2D eigenvalue weighted by Crippen LogP contribution is 2.43. The molecule has 2 aromatic carbocycles. The van der Waals surface area contributed by atoms with E-state index in [1.165, 1.54) is 6.21 Å². The zero-order valence-corrected chi connectivity index (χ0v) is 32.4. The molecule has 2 saturated heterocycles. The zero-order chi connectivity index (χ0) is 36.3. The minimum absolute atomic E-state index is 0.146. The van der Waals surface area contributed by atoms with Crippen LogP contribution in [0.15, 0.2) is 53.5 Å². The summed E-state index contributed by atoms with van der Waals surface area (Å²) < 4.78 is 26.5. The van der Waals surface area contributed by atoms with E-state index in [1.54, 1.807) is 39.0 Å². The number of rotatable bonds is 11. The highest BCUT2D eigenvalue weighted by molar-refractivity contribution is 9.10. The van der Waals surface area contributed by atoms with Crippen molar-refractivity contribution in [3.05, 3.63) is 59.1 Å². The molecule has 0 unspecified atom stereocenters. The van der Waals surface area contributed by atoms with Crippen LogP contribution in [-0.4, -0.2) is 103 Å². The number of morpholine rings is 1. The molecule has 2 fully saturated rings. The quantitative estimate of drug-likeness (QED) is 0.101. The van der Waals surface area contributed by atoms with E-state index in [0.29, 0.717) is 61.3 Å². The molecule has 270 valence electrons. The van der Waals surface area contributed by atoms with E-state index < -0.39 is 7.14 Å². The standard InChI is InChI=1S/C36H46BrN10O3P/c1-23(2)47-15-16-50-36(22-47)9-13-46(14-10-36)30-18-31(49-4)29(17-25(30)24(19-38)20-39-3)44-35-42-21-26(37)34(45-35)43-28-8-7-27-32(41-12-11-40-27)33(28)51(5,6)48/h7-8,11-12,17-21,23,38-39H,9-10,13-16,22H2,1-6H3,(H2,42,43,44,45)/b24-20+,38-19?. The van der Waals surface area contributed by atoms with Gasteiger partial charge in [-0.15, -0.1) is 0 Å². The van der Waals surface area contributed by atoms with Gasteiger partial charge in [-0.2, -0.15) is 4.98 Å². The molecule has 0 atom stereocenters. The molecule has 4 aromatic rings. The van der Waals surface area contributed by atoms with Gasteiger partial charge in [0.2, 0.25) is 5.95 Å². The van der Waals surface area contributed by atoms with E-state index in [0.717, 1.165) is 56.9 Å². The Kier molecular flexibility index (Phi) is 11.0. The summed E-state index contributed by atoms with van der Waals surface area (Å²) in [6.45, 7) is 12.2. The number of ether oxygens (including phenoxy) is 2. The maximum atomic E-state index is 13.5. The molecule has 2 aromatic heterocycles. The van der Waals surface area contributed by atoms with Gasteiger partial charge in [-0.05, 0) is 74.1 Å². The van der Waals surface area contributed by atoms with Crippen LogP contribution in [0, 0.1) is 5.41 Å². The molecule has 2 aliphatic rings. The molecule has 0 amide bonds. The summed E-state index contributed by atoms with van der Waals surface area (Å²) in [6.07, 6.45) is 9.87. The molecule has 4 heterocycles. The SMILES string of the molecule is CN/C=C(\C=N)c1cc(Nc2ncc(Br)c(Nc3ccc4nccnc4c3P(C)(C)=O)n2)c(OC)cc1N1CCC2(CC1)CN(C(C)C)CCO2. The van der Waals surface area contributed by atoms with Crippen molar-refractivity contribution in [3.8, 4) is 5.75 Å². The van der Waals surface area contributed by atoms with E-state index in [4.69, 9.17) is 19.9 Å². The number of anilines is 5. The number of nitrogens with one attached hydrogen (secondary N) is 4. The molecule has 6 rings (SSSR count). The third-order valence-electron chi connectivity index (χ3n) is 9.50. The summed E-state index contributed by atoms with van der Waals surface area (Å²) in [5.74, 6) is 1.39. The van der Waals surface area contributed by atoms with Crippen molar-refractivity contribution >= 4 is 80.0 Å². The number of methoxy groups -OCH3 is 1. The van der Waals surface area contributed by atoms with Gasteiger partial charge >= 0.3 is 0 Å². The van der Waals surface area contributed by atoms with Crippen molar-refractivity contribution in [2.24, 2.45) is 0 Å². The van der Waals surface area contributed by atoms with Gasteiger partial charge in [-0.3, -0.25) is 14.9 Å². The maximum Gasteiger partial charge on any atom is 0.229 e. The summed E-state index contributed by atoms with van der Waals surface area (Å²) in [7, 11) is 0.677. The van der Waals surface area contributed by atoms with Crippen molar-refractivity contribution in [2.75, 3.05) is 75.8 Å². The summed E-state index contributed by atoms with van der Waals surface area (Å²) in [6, 6.07) is 8.17. The average molecular weight is 778 g/mol. The molecule has 51 heavy (non-hydrogen) atoms. The van der Waals surface area contributed by atoms with E-state index in [-0.39, 0.29) is 5.60 Å². The van der Waals surface area contributed by atoms with Gasteiger partial charge in [0.1, 0.15) is 24.2 Å². The molecule has 15 heteroatoms. The van der Waals surface area contributed by atoms with Gasteiger partial charge in [0, 0.05) is 93.2 Å². The van der Waals surface area contributed by atoms with Gasteiger partial charge in [-0.1, -0.05) is 0 Å². The Hall–Kier alpha value is -4.10. The smallest absolute Gasteiger partial charge is 0.229 e. The molecule has 0 saturated carbocycles. The molecule has 1 spiro atoms. The molecular formula is C36H46BrN10O3P. The Labute approximate surface area is 307 Å². The lowest BCUT2D eigenvalue weighted by Gasteiger charge is -2.49. The summed E-state index contributed by atoms with van der Waals surface area (Å²) in [5, 5.41) is 18.7. The molecule has 4 N–H and O–H groups in total. The average Bonchev–Trinajstić information content (AvgIpc) is 3.11. The number of hydrogen-bond donors (Lipinski definition) is 4. The second-order valence-corrected chi connectivity index (χ2v) is 17.6. The number of hydrogen-bond acceptors (Lipinski definition) is 13. The van der Waals surface area contributed by atoms with Crippen molar-refractivity contribution in [1.82, 2.24) is 30.2 Å². The predicted octanol–water partition coefficient (Wildman–Crippen LogP) is 6.22. The second kappa shape index (κ2) is 15.2. The van der Waals surface area contributed by atoms with Gasteiger partial charge < -0.3 is 40.3 Å². The highest BCUT2D eigenvalue weighted by atomic mass is 79.9. The van der Waals surface area contributed by atoms with E-state index >= 15 is 0 Å². The van der Waals surface area contributed by atoms with E-state index in [9.17, 15) is 4.57 Å². The Morgan fingerprint density at radius 1 is 1.10 bits per heavy atom. The van der Waals surface area contributed by atoms with Gasteiger partial charge in [0.05, 0.1) is 46.0 Å². The summed E-state index contributed by atoms with van der Waals surface area (Å²) >= 11 is 3.58. The summed E-state index contributed by atoms with van der Waals surface area (Å²) in [5.41, 5.74) is 4.92. The van der Waals surface area contributed by atoms with Crippen molar-refractivity contribution < 1.29 is 14.0 Å². The van der Waals surface area contributed by atoms with E-state index in [2.05, 4.69) is 70.5 Å². The Bertz CT molecular complexity index is 1990. The fourth-order valence-corrected chi connectivity index (χ4v) is 8.57. The number of fused-ring (bicyclic) bond motifs is 1. The lowest BCUT2D eigenvalue weighted by molar-refractivity contribution is -0.127.